The molecule has 1 aliphatic carbocycles. The first-order valence-electron chi connectivity index (χ1n) is 9.51. The summed E-state index contributed by atoms with van der Waals surface area (Å²) in [6, 6.07) is 20.6. The zero-order chi connectivity index (χ0) is 20.2. The molecule has 1 saturated carbocycles. The molecule has 0 heterocycles. The van der Waals surface area contributed by atoms with Gasteiger partial charge in [0, 0.05) is 11.5 Å². The Hall–Kier alpha value is -2.49. The second-order valence-corrected chi connectivity index (χ2v) is 7.95. The fraction of sp³-hybridized carbons (Fsp3) is 0.208. The topological polar surface area (TPSA) is 35.5 Å². The number of carbonyl (C=O) groups is 1. The Labute approximate surface area is 180 Å². The van der Waals surface area contributed by atoms with E-state index in [9.17, 15) is 4.79 Å². The van der Waals surface area contributed by atoms with Crippen molar-refractivity contribution in [3.8, 4) is 11.5 Å². The first kappa shape index (κ1) is 19.8. The van der Waals surface area contributed by atoms with E-state index in [0.717, 1.165) is 41.0 Å². The maximum atomic E-state index is 12.0. The van der Waals surface area contributed by atoms with Gasteiger partial charge >= 0.3 is 0 Å². The van der Waals surface area contributed by atoms with Gasteiger partial charge in [-0.05, 0) is 72.5 Å². The monoisotopic (exact) mass is 426 g/mol. The molecule has 3 aromatic carbocycles. The Balaban J connectivity index is 1.27. The van der Waals surface area contributed by atoms with Crippen molar-refractivity contribution in [2.24, 2.45) is 5.92 Å². The van der Waals surface area contributed by atoms with Crippen LogP contribution >= 0.6 is 23.2 Å². The molecule has 1 aliphatic rings. The number of hydrogen-bond acceptors (Lipinski definition) is 3. The summed E-state index contributed by atoms with van der Waals surface area (Å²) in [5.41, 5.74) is 2.75. The van der Waals surface area contributed by atoms with Crippen LogP contribution in [0, 0.1) is 5.92 Å². The minimum absolute atomic E-state index is 0.235. The van der Waals surface area contributed by atoms with Crippen LogP contribution in [0.25, 0.3) is 0 Å². The molecule has 0 unspecified atom stereocenters. The summed E-state index contributed by atoms with van der Waals surface area (Å²) in [6.45, 7) is 0.863. The molecule has 0 aromatic heterocycles. The third-order valence-electron chi connectivity index (χ3n) is 4.81. The van der Waals surface area contributed by atoms with Crippen molar-refractivity contribution in [1.82, 2.24) is 0 Å². The molecular weight excluding hydrogens is 407 g/mol. The zero-order valence-electron chi connectivity index (χ0n) is 15.7. The number of ether oxygens (including phenoxy) is 2. The molecular formula is C24H20Cl2O3. The van der Waals surface area contributed by atoms with E-state index in [-0.39, 0.29) is 11.7 Å². The van der Waals surface area contributed by atoms with Crippen LogP contribution < -0.4 is 9.47 Å². The highest BCUT2D eigenvalue weighted by atomic mass is 35.5. The Morgan fingerprint density at radius 3 is 1.90 bits per heavy atom. The van der Waals surface area contributed by atoms with E-state index in [1.807, 2.05) is 54.6 Å². The highest BCUT2D eigenvalue weighted by Gasteiger charge is 2.30. The Kier molecular flexibility index (Phi) is 6.08. The van der Waals surface area contributed by atoms with Crippen molar-refractivity contribution in [3.05, 3.63) is 93.5 Å². The first-order valence-corrected chi connectivity index (χ1v) is 10.3. The van der Waals surface area contributed by atoms with Gasteiger partial charge in [-0.2, -0.15) is 0 Å². The van der Waals surface area contributed by atoms with Crippen LogP contribution in [0.3, 0.4) is 0 Å². The van der Waals surface area contributed by atoms with Crippen LogP contribution in [0.4, 0.5) is 0 Å². The SMILES string of the molecule is O=C(c1ccc(OCc2ccc(OCc3ccc(Cl)c(Cl)c3)cc2)cc1)C1CC1. The molecule has 148 valence electrons. The van der Waals surface area contributed by atoms with E-state index in [1.165, 1.54) is 0 Å². The van der Waals surface area contributed by atoms with Crippen LogP contribution in [-0.4, -0.2) is 5.78 Å². The van der Waals surface area contributed by atoms with E-state index in [2.05, 4.69) is 0 Å². The van der Waals surface area contributed by atoms with Gasteiger partial charge in [-0.3, -0.25) is 4.79 Å². The fourth-order valence-electron chi connectivity index (χ4n) is 2.94. The van der Waals surface area contributed by atoms with Gasteiger partial charge in [-0.25, -0.2) is 0 Å². The van der Waals surface area contributed by atoms with Crippen LogP contribution in [0.2, 0.25) is 10.0 Å². The van der Waals surface area contributed by atoms with Gasteiger partial charge in [0.1, 0.15) is 24.7 Å². The lowest BCUT2D eigenvalue weighted by Crippen LogP contribution is -2.01. The lowest BCUT2D eigenvalue weighted by molar-refractivity contribution is 0.0967. The van der Waals surface area contributed by atoms with Gasteiger partial charge in [0.05, 0.1) is 10.0 Å². The van der Waals surface area contributed by atoms with Gasteiger partial charge in [0.25, 0.3) is 0 Å². The molecule has 1 fully saturated rings. The van der Waals surface area contributed by atoms with Crippen molar-refractivity contribution in [2.45, 2.75) is 26.1 Å². The average molecular weight is 427 g/mol. The van der Waals surface area contributed by atoms with Crippen LogP contribution in [0.5, 0.6) is 11.5 Å². The van der Waals surface area contributed by atoms with Crippen LogP contribution in [-0.2, 0) is 13.2 Å². The van der Waals surface area contributed by atoms with E-state index in [1.54, 1.807) is 12.1 Å². The zero-order valence-corrected chi connectivity index (χ0v) is 17.2. The van der Waals surface area contributed by atoms with Crippen molar-refractivity contribution in [2.75, 3.05) is 0 Å². The predicted molar refractivity (Wildman–Crippen MR) is 115 cm³/mol. The second kappa shape index (κ2) is 8.89. The standard InChI is InChI=1S/C24H20Cl2O3/c25-22-12-3-17(13-23(22)26)15-29-20-8-1-16(2-9-20)14-28-21-10-6-19(7-11-21)24(27)18-4-5-18/h1-3,6-13,18H,4-5,14-15H2. The first-order chi connectivity index (χ1) is 14.1. The largest absolute Gasteiger partial charge is 0.489 e. The van der Waals surface area contributed by atoms with Gasteiger partial charge in [0.15, 0.2) is 5.78 Å². The number of halogens is 2. The van der Waals surface area contributed by atoms with Crippen LogP contribution in [0.1, 0.15) is 34.3 Å². The normalized spacial score (nSPS) is 13.2. The number of hydrogen-bond donors (Lipinski definition) is 0. The Morgan fingerprint density at radius 2 is 1.31 bits per heavy atom. The molecule has 4 rings (SSSR count). The third kappa shape index (κ3) is 5.31. The smallest absolute Gasteiger partial charge is 0.165 e. The highest BCUT2D eigenvalue weighted by Crippen LogP contribution is 2.33. The predicted octanol–water partition coefficient (Wildman–Crippen LogP) is 6.74. The number of benzene rings is 3. The molecule has 0 atom stereocenters. The van der Waals surface area contributed by atoms with Gasteiger partial charge in [0.2, 0.25) is 0 Å². The molecule has 0 spiro atoms. The molecule has 0 N–H and O–H groups in total. The summed E-state index contributed by atoms with van der Waals surface area (Å²) in [4.78, 5) is 12.0. The summed E-state index contributed by atoms with van der Waals surface area (Å²) in [5.74, 6) is 1.99. The lowest BCUT2D eigenvalue weighted by atomic mass is 10.1. The number of carbonyl (C=O) groups excluding carboxylic acids is 1. The van der Waals surface area contributed by atoms with E-state index in [0.29, 0.717) is 23.3 Å². The molecule has 0 radical (unpaired) electrons. The fourth-order valence-corrected chi connectivity index (χ4v) is 3.26. The summed E-state index contributed by atoms with van der Waals surface area (Å²) < 4.78 is 11.6. The summed E-state index contributed by atoms with van der Waals surface area (Å²) >= 11 is 12.0. The molecule has 5 heteroatoms. The van der Waals surface area contributed by atoms with Crippen LogP contribution in [0.15, 0.2) is 66.7 Å². The van der Waals surface area contributed by atoms with Crippen molar-refractivity contribution < 1.29 is 14.3 Å². The lowest BCUT2D eigenvalue weighted by Gasteiger charge is -2.10. The minimum atomic E-state index is 0.235. The average Bonchev–Trinajstić information content (AvgIpc) is 3.59. The van der Waals surface area contributed by atoms with E-state index >= 15 is 0 Å². The third-order valence-corrected chi connectivity index (χ3v) is 5.54. The molecule has 0 aliphatic heterocycles. The van der Waals surface area contributed by atoms with E-state index < -0.39 is 0 Å². The second-order valence-electron chi connectivity index (χ2n) is 7.13. The van der Waals surface area contributed by atoms with Gasteiger partial charge in [-0.15, -0.1) is 0 Å². The molecule has 0 bridgehead atoms. The van der Waals surface area contributed by atoms with E-state index in [4.69, 9.17) is 32.7 Å². The Bertz CT molecular complexity index is 994. The molecule has 0 amide bonds. The summed E-state index contributed by atoms with van der Waals surface area (Å²) in [7, 11) is 0. The quantitative estimate of drug-likeness (QED) is 0.373. The number of rotatable bonds is 8. The maximum absolute atomic E-state index is 12.0. The summed E-state index contributed by atoms with van der Waals surface area (Å²) in [6.07, 6.45) is 2.04. The maximum Gasteiger partial charge on any atom is 0.165 e. The molecule has 3 nitrogen and oxygen atoms in total. The van der Waals surface area contributed by atoms with Crippen molar-refractivity contribution in [1.29, 1.82) is 0 Å². The summed E-state index contributed by atoms with van der Waals surface area (Å²) in [5, 5.41) is 1.05. The van der Waals surface area contributed by atoms with Gasteiger partial charge in [-0.1, -0.05) is 41.4 Å². The van der Waals surface area contributed by atoms with Crippen molar-refractivity contribution >= 4 is 29.0 Å². The minimum Gasteiger partial charge on any atom is -0.489 e. The number of Topliss-reactive ketones (excluding diaryl/α,β-unsaturated/α-hetero) is 1. The van der Waals surface area contributed by atoms with Crippen molar-refractivity contribution in [3.63, 3.8) is 0 Å². The Morgan fingerprint density at radius 1 is 0.759 bits per heavy atom. The molecule has 3 aromatic rings. The number of ketones is 1. The van der Waals surface area contributed by atoms with Gasteiger partial charge < -0.3 is 9.47 Å². The highest BCUT2D eigenvalue weighted by molar-refractivity contribution is 6.42. The molecule has 0 saturated heterocycles. The molecule has 29 heavy (non-hydrogen) atoms.